The molecule has 37 heavy (non-hydrogen) atoms. The topological polar surface area (TPSA) is 98.2 Å². The fourth-order valence-electron chi connectivity index (χ4n) is 4.31. The highest BCUT2D eigenvalue weighted by atomic mass is 32.1. The molecular formula is C28H24N2O6S. The number of aliphatic hydroxyl groups excluding tert-OH is 1. The average Bonchev–Trinajstić information content (AvgIpc) is 3.46. The van der Waals surface area contributed by atoms with Crippen molar-refractivity contribution >= 4 is 44.1 Å². The Morgan fingerprint density at radius 3 is 2.38 bits per heavy atom. The number of fused-ring (bicyclic) bond motifs is 1. The maximum atomic E-state index is 13.5. The number of benzene rings is 3. The van der Waals surface area contributed by atoms with Gasteiger partial charge in [0.1, 0.15) is 23.0 Å². The first-order valence-electron chi connectivity index (χ1n) is 11.6. The van der Waals surface area contributed by atoms with Crippen LogP contribution in [0.5, 0.6) is 17.2 Å². The number of ether oxygens (including phenoxy) is 3. The Balaban J connectivity index is 1.68. The van der Waals surface area contributed by atoms with Crippen LogP contribution >= 0.6 is 11.3 Å². The summed E-state index contributed by atoms with van der Waals surface area (Å²) in [7, 11) is 3.11. The minimum Gasteiger partial charge on any atom is -0.507 e. The van der Waals surface area contributed by atoms with Gasteiger partial charge < -0.3 is 19.3 Å². The number of anilines is 1. The van der Waals surface area contributed by atoms with Gasteiger partial charge in [-0.2, -0.15) is 0 Å². The van der Waals surface area contributed by atoms with Gasteiger partial charge in [-0.05, 0) is 67.1 Å². The number of rotatable bonds is 7. The van der Waals surface area contributed by atoms with Gasteiger partial charge in [0.2, 0.25) is 0 Å². The Kier molecular flexibility index (Phi) is 6.54. The second kappa shape index (κ2) is 9.94. The highest BCUT2D eigenvalue weighted by molar-refractivity contribution is 7.22. The molecule has 5 rings (SSSR count). The molecule has 0 radical (unpaired) electrons. The van der Waals surface area contributed by atoms with Crippen molar-refractivity contribution < 1.29 is 28.9 Å². The van der Waals surface area contributed by atoms with E-state index < -0.39 is 17.7 Å². The number of carbonyl (C=O) groups is 2. The number of amides is 1. The van der Waals surface area contributed by atoms with Crippen molar-refractivity contribution in [1.29, 1.82) is 0 Å². The number of aromatic nitrogens is 1. The summed E-state index contributed by atoms with van der Waals surface area (Å²) in [5.41, 5.74) is 1.63. The number of hydrogen-bond donors (Lipinski definition) is 1. The van der Waals surface area contributed by atoms with Crippen molar-refractivity contribution in [2.45, 2.75) is 13.0 Å². The quantitative estimate of drug-likeness (QED) is 0.201. The summed E-state index contributed by atoms with van der Waals surface area (Å²) in [6, 6.07) is 18.3. The molecule has 0 aliphatic carbocycles. The lowest BCUT2D eigenvalue weighted by molar-refractivity contribution is -0.132. The second-order valence-electron chi connectivity index (χ2n) is 8.23. The molecule has 1 fully saturated rings. The maximum absolute atomic E-state index is 13.5. The van der Waals surface area contributed by atoms with E-state index in [4.69, 9.17) is 14.2 Å². The van der Waals surface area contributed by atoms with E-state index in [0.717, 1.165) is 4.70 Å². The highest BCUT2D eigenvalue weighted by Gasteiger charge is 2.48. The summed E-state index contributed by atoms with van der Waals surface area (Å²) in [4.78, 5) is 32.8. The number of ketones is 1. The lowest BCUT2D eigenvalue weighted by Crippen LogP contribution is -2.29. The molecule has 1 saturated heterocycles. The molecule has 1 N–H and O–H groups in total. The summed E-state index contributed by atoms with van der Waals surface area (Å²) < 4.78 is 17.0. The fraction of sp³-hybridized carbons (Fsp3) is 0.179. The minimum atomic E-state index is -0.913. The smallest absolute Gasteiger partial charge is 0.301 e. The van der Waals surface area contributed by atoms with Crippen LogP contribution in [-0.4, -0.2) is 42.6 Å². The monoisotopic (exact) mass is 516 g/mol. The Morgan fingerprint density at radius 2 is 1.68 bits per heavy atom. The van der Waals surface area contributed by atoms with Crippen LogP contribution < -0.4 is 19.1 Å². The second-order valence-corrected chi connectivity index (χ2v) is 9.24. The molecule has 4 aromatic rings. The van der Waals surface area contributed by atoms with Gasteiger partial charge in [-0.1, -0.05) is 23.5 Å². The normalized spacial score (nSPS) is 16.8. The predicted molar refractivity (Wildman–Crippen MR) is 142 cm³/mol. The van der Waals surface area contributed by atoms with Gasteiger partial charge in [0.15, 0.2) is 5.13 Å². The number of aliphatic hydroxyl groups is 1. The summed E-state index contributed by atoms with van der Waals surface area (Å²) in [6.45, 7) is 2.38. The van der Waals surface area contributed by atoms with Gasteiger partial charge in [0.25, 0.3) is 5.78 Å². The number of nitrogens with zero attached hydrogens (tertiary/aromatic N) is 2. The van der Waals surface area contributed by atoms with Crippen molar-refractivity contribution in [3.8, 4) is 17.2 Å². The van der Waals surface area contributed by atoms with Crippen LogP contribution in [0.1, 0.15) is 24.1 Å². The van der Waals surface area contributed by atoms with E-state index in [1.807, 2.05) is 13.0 Å². The van der Waals surface area contributed by atoms with Gasteiger partial charge in [0.05, 0.1) is 42.7 Å². The standard InChI is InChI=1S/C28H24N2O6S/c1-4-36-18-10-8-16(9-11-18)25(31)23-24(17-6-5-7-19(14-17)34-2)30(27(33)26(23)32)28-29-21-13-12-20(35-3)15-22(21)37-28/h5-15,24,31H,4H2,1-3H3/b25-23+. The highest BCUT2D eigenvalue weighted by Crippen LogP contribution is 2.45. The van der Waals surface area contributed by atoms with Crippen LogP contribution in [0.15, 0.2) is 72.3 Å². The minimum absolute atomic E-state index is 0.0285. The molecule has 1 amide bonds. The number of hydrogen-bond acceptors (Lipinski definition) is 8. The molecule has 9 heteroatoms. The molecular weight excluding hydrogens is 492 g/mol. The Bertz CT molecular complexity index is 1530. The molecule has 0 spiro atoms. The van der Waals surface area contributed by atoms with E-state index in [9.17, 15) is 14.7 Å². The zero-order valence-corrected chi connectivity index (χ0v) is 21.2. The zero-order chi connectivity index (χ0) is 26.1. The summed E-state index contributed by atoms with van der Waals surface area (Å²) in [5.74, 6) is -0.00147. The van der Waals surface area contributed by atoms with Crippen LogP contribution in [-0.2, 0) is 9.59 Å². The van der Waals surface area contributed by atoms with Gasteiger partial charge in [0, 0.05) is 5.56 Å². The first-order chi connectivity index (χ1) is 17.9. The molecule has 1 aliphatic rings. The van der Waals surface area contributed by atoms with Crippen molar-refractivity contribution in [1.82, 2.24) is 4.98 Å². The van der Waals surface area contributed by atoms with E-state index in [0.29, 0.717) is 45.6 Å². The lowest BCUT2D eigenvalue weighted by atomic mass is 9.95. The van der Waals surface area contributed by atoms with E-state index >= 15 is 0 Å². The molecule has 0 saturated carbocycles. The molecule has 1 aliphatic heterocycles. The van der Waals surface area contributed by atoms with Gasteiger partial charge >= 0.3 is 5.91 Å². The molecule has 188 valence electrons. The molecule has 3 aromatic carbocycles. The largest absolute Gasteiger partial charge is 0.507 e. The SMILES string of the molecule is CCOc1ccc(/C(O)=C2\C(=O)C(=O)N(c3nc4ccc(OC)cc4s3)C2c2cccc(OC)c2)cc1. The van der Waals surface area contributed by atoms with Crippen molar-refractivity contribution in [2.75, 3.05) is 25.7 Å². The first kappa shape index (κ1) is 24.3. The molecule has 1 aromatic heterocycles. The Labute approximate surface area is 217 Å². The average molecular weight is 517 g/mol. The molecule has 8 nitrogen and oxygen atoms in total. The van der Waals surface area contributed by atoms with E-state index in [1.165, 1.54) is 23.3 Å². The van der Waals surface area contributed by atoms with E-state index in [2.05, 4.69) is 4.98 Å². The van der Waals surface area contributed by atoms with Gasteiger partial charge in [-0.25, -0.2) is 4.98 Å². The van der Waals surface area contributed by atoms with Crippen LogP contribution in [0.2, 0.25) is 0 Å². The molecule has 1 unspecified atom stereocenters. The lowest BCUT2D eigenvalue weighted by Gasteiger charge is -2.23. The Morgan fingerprint density at radius 1 is 0.973 bits per heavy atom. The van der Waals surface area contributed by atoms with Crippen molar-refractivity contribution in [3.05, 3.63) is 83.4 Å². The third-order valence-corrected chi connectivity index (χ3v) is 7.10. The summed E-state index contributed by atoms with van der Waals surface area (Å²) in [6.07, 6.45) is 0. The van der Waals surface area contributed by atoms with Crippen molar-refractivity contribution in [2.24, 2.45) is 0 Å². The molecule has 2 heterocycles. The number of thiazole rings is 1. The third kappa shape index (κ3) is 4.38. The number of carbonyl (C=O) groups excluding carboxylic acids is 2. The van der Waals surface area contributed by atoms with Gasteiger partial charge in [-0.15, -0.1) is 0 Å². The summed E-state index contributed by atoms with van der Waals surface area (Å²) >= 11 is 1.26. The zero-order valence-electron chi connectivity index (χ0n) is 20.4. The van der Waals surface area contributed by atoms with Crippen LogP contribution in [0.4, 0.5) is 5.13 Å². The Hall–Kier alpha value is -4.37. The van der Waals surface area contributed by atoms with E-state index in [1.54, 1.807) is 67.8 Å². The van der Waals surface area contributed by atoms with Crippen LogP contribution in [0.3, 0.4) is 0 Å². The summed E-state index contributed by atoms with van der Waals surface area (Å²) in [5, 5.41) is 11.7. The van der Waals surface area contributed by atoms with Crippen LogP contribution in [0.25, 0.3) is 16.0 Å². The third-order valence-electron chi connectivity index (χ3n) is 6.08. The van der Waals surface area contributed by atoms with Crippen LogP contribution in [0, 0.1) is 0 Å². The first-order valence-corrected chi connectivity index (χ1v) is 12.4. The number of methoxy groups -OCH3 is 2. The predicted octanol–water partition coefficient (Wildman–Crippen LogP) is 5.34. The van der Waals surface area contributed by atoms with Gasteiger partial charge in [-0.3, -0.25) is 14.5 Å². The fourth-order valence-corrected chi connectivity index (χ4v) is 5.33. The maximum Gasteiger partial charge on any atom is 0.301 e. The van der Waals surface area contributed by atoms with E-state index in [-0.39, 0.29) is 11.3 Å². The molecule has 0 bridgehead atoms. The van der Waals surface area contributed by atoms with Crippen molar-refractivity contribution in [3.63, 3.8) is 0 Å². The number of Topliss-reactive ketones (excluding diaryl/α,β-unsaturated/α-hetero) is 1. The molecule has 1 atom stereocenters.